The molecule has 0 spiro atoms. The number of carbonyl (C=O) groups excluding carboxylic acids is 2. The number of aliphatic hydroxyl groups excluding tert-OH is 5. The average molecular weight is 1240 g/mol. The number of aryl methyl sites for hydroxylation is 1. The van der Waals surface area contributed by atoms with Gasteiger partial charge in [-0.15, -0.1) is 0 Å². The van der Waals surface area contributed by atoms with Crippen LogP contribution < -0.4 is 0 Å². The van der Waals surface area contributed by atoms with Gasteiger partial charge in [-0.1, -0.05) is 54.1 Å². The topological polar surface area (TPSA) is 284 Å². The van der Waals surface area contributed by atoms with Crippen molar-refractivity contribution in [2.45, 2.75) is 120 Å². The summed E-state index contributed by atoms with van der Waals surface area (Å²) < 4.78 is 49.8. The number of hydrogen-bond acceptors (Lipinski definition) is 17. The normalized spacial score (nSPS) is 12.9. The molecule has 0 aliphatic rings. The molecule has 478 valence electrons. The lowest BCUT2D eigenvalue weighted by Gasteiger charge is -2.18. The minimum Gasteiger partial charge on any atom is -0.388 e. The molecule has 5 N–H and O–H groups in total. The number of sulfonamides is 2. The lowest BCUT2D eigenvalue weighted by molar-refractivity contribution is -0.127. The standard InChI is InChI=1S/C17H22N2O3S.C13H20N2O.C12H18N2O2.C11H18N2O3S.C11H16N2O2/c1-14-7-9-16(10-8-14)23(21,22)19(2)12-4-6-17(20)15-5-3-11-18-13-15;1-3-9-15(2)10-5-7-13(16)12-6-4-8-14-11-12;1-10(15)14(2)8-4-6-12(16)11-5-3-7-13-9-11;1-13(17(2,15)16)8-4-6-11(14)10-5-3-7-12-9-10;1-13(9-14)7-3-5-11(15)10-4-2-6-12-8-10/h3,5,7-11,13,17,20H,4,6,12H2,1-2H3;3-4,6,8-9,11,13,16H,5,7,10H2,1-2H3;3,5,7,9,12,16H,4,6,8H2,1-2H3;3,5,7,9,11,14H,4,6,8H2,1-2H3;2,4,6,8-9,11,15H,3,5,7H2,1H3/b;9-3+;;;. The fourth-order valence-corrected chi connectivity index (χ4v) is 9.69. The van der Waals surface area contributed by atoms with Gasteiger partial charge < -0.3 is 40.2 Å². The maximum Gasteiger partial charge on any atom is 0.242 e. The monoisotopic (exact) mass is 1240 g/mol. The summed E-state index contributed by atoms with van der Waals surface area (Å²) >= 11 is 0. The Morgan fingerprint density at radius 3 is 1.08 bits per heavy atom. The van der Waals surface area contributed by atoms with Gasteiger partial charge in [-0.25, -0.2) is 25.4 Å². The molecule has 0 aliphatic carbocycles. The highest BCUT2D eigenvalue weighted by Crippen LogP contribution is 2.22. The van der Waals surface area contributed by atoms with Gasteiger partial charge in [-0.05, 0) is 155 Å². The van der Waals surface area contributed by atoms with E-state index in [0.717, 1.165) is 72.0 Å². The zero-order valence-corrected chi connectivity index (χ0v) is 53.7. The van der Waals surface area contributed by atoms with E-state index in [1.54, 1.807) is 148 Å². The van der Waals surface area contributed by atoms with Gasteiger partial charge in [-0.2, -0.15) is 0 Å². The highest BCUT2D eigenvalue weighted by molar-refractivity contribution is 7.89. The number of aliphatic hydroxyl groups is 5. The fourth-order valence-electron chi connectivity index (χ4n) is 8.02. The maximum atomic E-state index is 12.4. The van der Waals surface area contributed by atoms with Gasteiger partial charge in [0.2, 0.25) is 32.4 Å². The van der Waals surface area contributed by atoms with E-state index in [0.29, 0.717) is 69.6 Å². The summed E-state index contributed by atoms with van der Waals surface area (Å²) in [7, 11) is 2.02. The number of hydrogen-bond donors (Lipinski definition) is 5. The van der Waals surface area contributed by atoms with Crippen molar-refractivity contribution in [1.29, 1.82) is 0 Å². The van der Waals surface area contributed by atoms with Crippen LogP contribution in [0.1, 0.15) is 142 Å². The predicted octanol–water partition coefficient (Wildman–Crippen LogP) is 8.03. The van der Waals surface area contributed by atoms with E-state index in [4.69, 9.17) is 0 Å². The van der Waals surface area contributed by atoms with Crippen LogP contribution in [0.25, 0.3) is 0 Å². The summed E-state index contributed by atoms with van der Waals surface area (Å²) in [5, 5.41) is 49.4. The zero-order chi connectivity index (χ0) is 64.6. The number of benzene rings is 1. The van der Waals surface area contributed by atoms with Crippen LogP contribution in [-0.4, -0.2) is 177 Å². The summed E-state index contributed by atoms with van der Waals surface area (Å²) in [6.07, 6.45) is 26.9. The first kappa shape index (κ1) is 76.2. The Hall–Kier alpha value is -6.93. The highest BCUT2D eigenvalue weighted by Gasteiger charge is 2.21. The Bertz CT molecular complexity index is 3000. The molecule has 6 rings (SSSR count). The molecule has 0 aliphatic heterocycles. The SMILES string of the molecule is C/C=C/N(C)CCCC(O)c1cccnc1.CC(=O)N(C)CCCC(O)c1cccnc1.CN(C=O)CCCC(O)c1cccnc1.CN(CCCC(O)c1cccnc1)S(C)(=O)=O.Cc1ccc(S(=O)(=O)N(C)CCCC(O)c2cccnc2)cc1. The minimum atomic E-state index is -3.48. The molecule has 0 saturated carbocycles. The third-order valence-corrected chi connectivity index (χ3v) is 16.8. The Labute approximate surface area is 517 Å². The van der Waals surface area contributed by atoms with E-state index < -0.39 is 50.6 Å². The minimum absolute atomic E-state index is 0.0517. The molecular weight excluding hydrogens is 1150 g/mol. The van der Waals surface area contributed by atoms with Crippen LogP contribution in [0.5, 0.6) is 0 Å². The average Bonchev–Trinajstić information content (AvgIpc) is 2.64. The predicted molar refractivity (Wildman–Crippen MR) is 340 cm³/mol. The van der Waals surface area contributed by atoms with Crippen LogP contribution in [0.2, 0.25) is 0 Å². The third kappa shape index (κ3) is 32.6. The van der Waals surface area contributed by atoms with Gasteiger partial charge >= 0.3 is 0 Å². The van der Waals surface area contributed by atoms with Crippen molar-refractivity contribution < 1.29 is 52.0 Å². The van der Waals surface area contributed by atoms with Crippen molar-refractivity contribution >= 4 is 32.4 Å². The van der Waals surface area contributed by atoms with Gasteiger partial charge in [0.25, 0.3) is 0 Å². The van der Waals surface area contributed by atoms with Crippen LogP contribution in [0.4, 0.5) is 0 Å². The summed E-state index contributed by atoms with van der Waals surface area (Å²) in [4.78, 5) is 46.7. The first-order valence-electron chi connectivity index (χ1n) is 29.0. The number of aromatic nitrogens is 5. The van der Waals surface area contributed by atoms with Crippen molar-refractivity contribution in [3.05, 3.63) is 193 Å². The number of pyridine rings is 5. The van der Waals surface area contributed by atoms with Crippen molar-refractivity contribution in [2.24, 2.45) is 0 Å². The van der Waals surface area contributed by atoms with Crippen molar-refractivity contribution in [3.63, 3.8) is 0 Å². The molecule has 5 atom stereocenters. The van der Waals surface area contributed by atoms with E-state index in [1.807, 2.05) is 63.5 Å². The molecule has 0 saturated heterocycles. The summed E-state index contributed by atoms with van der Waals surface area (Å²) in [6, 6.07) is 25.0. The molecule has 0 radical (unpaired) electrons. The number of amides is 2. The van der Waals surface area contributed by atoms with Crippen molar-refractivity contribution in [2.75, 3.05) is 74.2 Å². The summed E-state index contributed by atoms with van der Waals surface area (Å²) in [6.45, 7) is 8.53. The van der Waals surface area contributed by atoms with Gasteiger partial charge in [-0.3, -0.25) is 34.5 Å². The van der Waals surface area contributed by atoms with E-state index in [1.165, 1.54) is 28.8 Å². The first-order valence-corrected chi connectivity index (χ1v) is 32.2. The molecule has 5 aromatic heterocycles. The van der Waals surface area contributed by atoms with E-state index in [-0.39, 0.29) is 5.91 Å². The lowest BCUT2D eigenvalue weighted by atomic mass is 10.1. The van der Waals surface area contributed by atoms with Gasteiger partial charge in [0, 0.05) is 137 Å². The van der Waals surface area contributed by atoms with E-state index >= 15 is 0 Å². The molecule has 0 bridgehead atoms. The number of rotatable bonds is 30. The Kier molecular flexibility index (Phi) is 37.5. The molecule has 1 aromatic carbocycles. The molecule has 6 aromatic rings. The van der Waals surface area contributed by atoms with Gasteiger partial charge in [0.15, 0.2) is 0 Å². The van der Waals surface area contributed by atoms with Crippen LogP contribution in [0, 0.1) is 6.92 Å². The first-order chi connectivity index (χ1) is 41.4. The highest BCUT2D eigenvalue weighted by atomic mass is 32.2. The smallest absolute Gasteiger partial charge is 0.242 e. The number of allylic oxidation sites excluding steroid dienone is 1. The molecule has 2 amide bonds. The molecule has 5 unspecified atom stereocenters. The molecule has 0 fully saturated rings. The lowest BCUT2D eigenvalue weighted by Crippen LogP contribution is -2.28. The molecule has 21 nitrogen and oxygen atoms in total. The largest absolute Gasteiger partial charge is 0.388 e. The summed E-state index contributed by atoms with van der Waals surface area (Å²) in [5.41, 5.74) is 5.08. The van der Waals surface area contributed by atoms with E-state index in [2.05, 4.69) is 29.8 Å². The van der Waals surface area contributed by atoms with Crippen LogP contribution in [0.3, 0.4) is 0 Å². The zero-order valence-electron chi connectivity index (χ0n) is 52.1. The molecule has 87 heavy (non-hydrogen) atoms. The second-order valence-electron chi connectivity index (χ2n) is 20.9. The molecule has 23 heteroatoms. The second kappa shape index (κ2) is 42.8. The second-order valence-corrected chi connectivity index (χ2v) is 25.1. The number of nitrogens with zero attached hydrogens (tertiary/aromatic N) is 10. The van der Waals surface area contributed by atoms with Gasteiger partial charge in [0.05, 0.1) is 41.7 Å². The van der Waals surface area contributed by atoms with Crippen LogP contribution >= 0.6 is 0 Å². The third-order valence-electron chi connectivity index (χ3n) is 13.6. The van der Waals surface area contributed by atoms with Crippen LogP contribution in [-0.2, 0) is 29.6 Å². The summed E-state index contributed by atoms with van der Waals surface area (Å²) in [5.74, 6) is 0.0517. The van der Waals surface area contributed by atoms with Crippen molar-refractivity contribution in [1.82, 2.24) is 48.2 Å². The number of carbonyl (C=O) groups is 2. The quantitative estimate of drug-likeness (QED) is 0.0267. The maximum absolute atomic E-state index is 12.4. The molecule has 5 heterocycles. The molecular formula is C64H94N10O11S2. The van der Waals surface area contributed by atoms with E-state index in [9.17, 15) is 52.0 Å². The van der Waals surface area contributed by atoms with Crippen molar-refractivity contribution in [3.8, 4) is 0 Å². The van der Waals surface area contributed by atoms with Gasteiger partial charge in [0.1, 0.15) is 0 Å². The van der Waals surface area contributed by atoms with Crippen LogP contribution in [0.15, 0.2) is 164 Å². The Morgan fingerprint density at radius 2 is 0.793 bits per heavy atom. The fraction of sp³-hybridized carbons (Fsp3) is 0.453. The Morgan fingerprint density at radius 1 is 0.483 bits per heavy atom. The Balaban J connectivity index is 0.000000375.